The minimum absolute atomic E-state index is 0.323. The van der Waals surface area contributed by atoms with E-state index in [-0.39, 0.29) is 0 Å². The summed E-state index contributed by atoms with van der Waals surface area (Å²) in [7, 11) is -5.25. The number of aryl methyl sites for hydroxylation is 4. The number of unbranched alkanes of at least 4 members (excludes halogenated alkanes) is 6. The minimum atomic E-state index is -5.25. The van der Waals surface area contributed by atoms with Crippen LogP contribution >= 0.6 is 7.28 Å². The van der Waals surface area contributed by atoms with Gasteiger partial charge in [0.1, 0.15) is 0 Å². The van der Waals surface area contributed by atoms with E-state index in [4.69, 9.17) is 0 Å². The fourth-order valence-corrected chi connectivity index (χ4v) is 6.90. The van der Waals surface area contributed by atoms with Crippen LogP contribution < -0.4 is 10.6 Å². The Morgan fingerprint density at radius 1 is 0.562 bits per heavy atom. The molecule has 0 atom stereocenters. The van der Waals surface area contributed by atoms with Crippen molar-refractivity contribution < 1.29 is 14.7 Å². The van der Waals surface area contributed by atoms with Crippen LogP contribution in [-0.2, 0) is 25.7 Å². The topological polar surface area (TPSA) is 60.7 Å². The summed E-state index contributed by atoms with van der Waals surface area (Å²) < 4.78 is 0. The summed E-state index contributed by atoms with van der Waals surface area (Å²) in [4.78, 5) is 35.0. The SMILES string of the molecule is CCCCCCc1cc(CC)ccc1P(O)(O)(O)c1ccc(CC)cc1CCCCCC. The van der Waals surface area contributed by atoms with Gasteiger partial charge in [0.15, 0.2) is 0 Å². The summed E-state index contributed by atoms with van der Waals surface area (Å²) in [6, 6.07) is 11.5. The normalized spacial score (nSPS) is 13.2. The molecule has 32 heavy (non-hydrogen) atoms. The second-order valence-electron chi connectivity index (χ2n) is 9.23. The monoisotopic (exact) mass is 460 g/mol. The van der Waals surface area contributed by atoms with Crippen LogP contribution in [0.5, 0.6) is 0 Å². The van der Waals surface area contributed by atoms with Gasteiger partial charge in [-0.15, -0.1) is 0 Å². The zero-order valence-electron chi connectivity index (χ0n) is 20.7. The molecule has 0 aliphatic heterocycles. The average Bonchev–Trinajstić information content (AvgIpc) is 2.78. The van der Waals surface area contributed by atoms with Crippen molar-refractivity contribution in [1.29, 1.82) is 0 Å². The van der Waals surface area contributed by atoms with Gasteiger partial charge in [0.25, 0.3) is 0 Å². The van der Waals surface area contributed by atoms with E-state index in [0.717, 1.165) is 86.5 Å². The first kappa shape index (κ1) is 27.0. The van der Waals surface area contributed by atoms with Crippen molar-refractivity contribution in [1.82, 2.24) is 0 Å². The van der Waals surface area contributed by atoms with Crippen LogP contribution in [0, 0.1) is 0 Å². The molecule has 0 fully saturated rings. The molecule has 0 aromatic heterocycles. The molecule has 2 aromatic rings. The zero-order chi connectivity index (χ0) is 23.6. The van der Waals surface area contributed by atoms with Crippen molar-refractivity contribution in [3.8, 4) is 0 Å². The summed E-state index contributed by atoms with van der Waals surface area (Å²) in [5.41, 5.74) is 4.07. The second-order valence-corrected chi connectivity index (χ2v) is 12.2. The van der Waals surface area contributed by atoms with Gasteiger partial charge in [0.2, 0.25) is 0 Å². The summed E-state index contributed by atoms with van der Waals surface area (Å²) >= 11 is 0. The van der Waals surface area contributed by atoms with Gasteiger partial charge in [-0.1, -0.05) is 0 Å². The molecule has 180 valence electrons. The first-order valence-corrected chi connectivity index (χ1v) is 14.9. The Morgan fingerprint density at radius 2 is 0.969 bits per heavy atom. The summed E-state index contributed by atoms with van der Waals surface area (Å²) in [5.74, 6) is 0. The average molecular weight is 461 g/mol. The Kier molecular flexibility index (Phi) is 10.4. The third-order valence-corrected chi connectivity index (χ3v) is 9.24. The van der Waals surface area contributed by atoms with Crippen LogP contribution in [0.2, 0.25) is 0 Å². The standard InChI is InChI=1S/C28H45O3P/c1-5-9-11-13-15-25-21-23(7-3)17-19-27(25)32(29,30,31)28-20-18-24(8-4)22-26(28)16-14-12-10-6-2/h17-22,29-31H,5-16H2,1-4H3. The van der Waals surface area contributed by atoms with E-state index in [9.17, 15) is 14.7 Å². The molecule has 0 amide bonds. The van der Waals surface area contributed by atoms with E-state index >= 15 is 0 Å². The molecule has 0 aliphatic carbocycles. The van der Waals surface area contributed by atoms with Crippen molar-refractivity contribution >= 4 is 17.9 Å². The first-order valence-electron chi connectivity index (χ1n) is 12.8. The van der Waals surface area contributed by atoms with Gasteiger partial charge in [-0.05, 0) is 0 Å². The summed E-state index contributed by atoms with van der Waals surface area (Å²) in [6.07, 6.45) is 12.1. The number of rotatable bonds is 14. The van der Waals surface area contributed by atoms with Crippen molar-refractivity contribution in [2.45, 2.75) is 105 Å². The molecule has 2 aromatic carbocycles. The Balaban J connectivity index is 2.51. The molecular weight excluding hydrogens is 415 g/mol. The van der Waals surface area contributed by atoms with Gasteiger partial charge in [0.05, 0.1) is 0 Å². The van der Waals surface area contributed by atoms with E-state index in [1.54, 1.807) is 12.1 Å². The first-order chi connectivity index (χ1) is 15.3. The Hall–Kier alpha value is -1.25. The van der Waals surface area contributed by atoms with Crippen LogP contribution in [0.15, 0.2) is 36.4 Å². The van der Waals surface area contributed by atoms with E-state index in [1.165, 1.54) is 12.8 Å². The Morgan fingerprint density at radius 3 is 1.31 bits per heavy atom. The molecule has 2 rings (SSSR count). The van der Waals surface area contributed by atoms with E-state index in [2.05, 4.69) is 39.8 Å². The molecule has 0 saturated carbocycles. The van der Waals surface area contributed by atoms with Gasteiger partial charge >= 0.3 is 196 Å². The van der Waals surface area contributed by atoms with E-state index in [1.807, 2.05) is 12.1 Å². The molecule has 0 bridgehead atoms. The molecule has 0 heterocycles. The molecule has 3 nitrogen and oxygen atoms in total. The van der Waals surface area contributed by atoms with Gasteiger partial charge in [-0.2, -0.15) is 0 Å². The van der Waals surface area contributed by atoms with Gasteiger partial charge in [0, 0.05) is 0 Å². The van der Waals surface area contributed by atoms with Crippen molar-refractivity contribution in [2.24, 2.45) is 0 Å². The summed E-state index contributed by atoms with van der Waals surface area (Å²) in [6.45, 7) is 8.58. The second kappa shape index (κ2) is 12.3. The van der Waals surface area contributed by atoms with Crippen LogP contribution in [0.4, 0.5) is 0 Å². The van der Waals surface area contributed by atoms with Crippen LogP contribution in [0.3, 0.4) is 0 Å². The van der Waals surface area contributed by atoms with Gasteiger partial charge < -0.3 is 0 Å². The van der Waals surface area contributed by atoms with E-state index in [0.29, 0.717) is 10.6 Å². The Bertz CT molecular complexity index is 784. The maximum atomic E-state index is 11.7. The predicted molar refractivity (Wildman–Crippen MR) is 140 cm³/mol. The van der Waals surface area contributed by atoms with E-state index < -0.39 is 7.28 Å². The van der Waals surface area contributed by atoms with Gasteiger partial charge in [-0.3, -0.25) is 0 Å². The van der Waals surface area contributed by atoms with Gasteiger partial charge in [-0.25, -0.2) is 0 Å². The van der Waals surface area contributed by atoms with Crippen molar-refractivity contribution in [2.75, 3.05) is 0 Å². The number of benzene rings is 2. The third kappa shape index (κ3) is 6.87. The molecule has 4 heteroatoms. The van der Waals surface area contributed by atoms with Crippen LogP contribution in [0.1, 0.15) is 101 Å². The Labute approximate surface area is 196 Å². The molecule has 0 aliphatic rings. The zero-order valence-corrected chi connectivity index (χ0v) is 21.6. The predicted octanol–water partition coefficient (Wildman–Crippen LogP) is 6.28. The van der Waals surface area contributed by atoms with Crippen molar-refractivity contribution in [3.05, 3.63) is 58.7 Å². The fourth-order valence-electron chi connectivity index (χ4n) is 4.54. The third-order valence-electron chi connectivity index (χ3n) is 6.59. The quantitative estimate of drug-likeness (QED) is 0.230. The molecular formula is C28H45O3P. The number of hydrogen-bond donors (Lipinski definition) is 3. The molecule has 0 spiro atoms. The van der Waals surface area contributed by atoms with Crippen LogP contribution in [0.25, 0.3) is 0 Å². The molecule has 3 N–H and O–H groups in total. The number of hydrogen-bond acceptors (Lipinski definition) is 3. The van der Waals surface area contributed by atoms with Crippen molar-refractivity contribution in [3.63, 3.8) is 0 Å². The van der Waals surface area contributed by atoms with Crippen LogP contribution in [-0.4, -0.2) is 14.7 Å². The molecule has 0 radical (unpaired) electrons. The molecule has 0 saturated heterocycles. The summed E-state index contributed by atoms with van der Waals surface area (Å²) in [5, 5.41) is 0.646. The maximum absolute atomic E-state index is 11.7. The molecule has 0 unspecified atom stereocenters. The fraction of sp³-hybridized carbons (Fsp3) is 0.571.